The van der Waals surface area contributed by atoms with Crippen molar-refractivity contribution in [3.8, 4) is 0 Å². The Labute approximate surface area is 121 Å². The lowest BCUT2D eigenvalue weighted by Gasteiger charge is -2.28. The van der Waals surface area contributed by atoms with E-state index in [-0.39, 0.29) is 5.54 Å². The maximum atomic E-state index is 5.98. The van der Waals surface area contributed by atoms with Crippen LogP contribution >= 0.6 is 0 Å². The number of nitrogens with two attached hydrogens (primary N) is 1. The maximum Gasteiger partial charge on any atom is 0.149 e. The molecule has 0 saturated carbocycles. The first-order valence-corrected chi connectivity index (χ1v) is 7.01. The summed E-state index contributed by atoms with van der Waals surface area (Å²) in [6, 6.07) is 14.4. The molecule has 0 fully saturated rings. The van der Waals surface area contributed by atoms with Gasteiger partial charge in [-0.1, -0.05) is 30.3 Å². The van der Waals surface area contributed by atoms with Crippen LogP contribution in [0.1, 0.15) is 31.5 Å². The molecule has 0 aliphatic heterocycles. The number of aromatic nitrogens is 1. The molecule has 2 rings (SSSR count). The van der Waals surface area contributed by atoms with E-state index in [1.807, 2.05) is 25.1 Å². The Balaban J connectivity index is 2.01. The fourth-order valence-electron chi connectivity index (χ4n) is 2.15. The van der Waals surface area contributed by atoms with Gasteiger partial charge in [-0.25, -0.2) is 4.98 Å². The van der Waals surface area contributed by atoms with Gasteiger partial charge in [0.05, 0.1) is 5.69 Å². The number of anilines is 2. The van der Waals surface area contributed by atoms with E-state index >= 15 is 0 Å². The minimum absolute atomic E-state index is 0.0508. The molecule has 2 aromatic rings. The minimum atomic E-state index is -0.0508. The summed E-state index contributed by atoms with van der Waals surface area (Å²) in [5.41, 5.74) is 8.95. The molecule has 0 radical (unpaired) electrons. The number of aryl methyl sites for hydroxylation is 2. The van der Waals surface area contributed by atoms with E-state index in [0.717, 1.165) is 24.4 Å². The molecule has 0 bridgehead atoms. The molecule has 0 saturated heterocycles. The number of hydrogen-bond donors (Lipinski definition) is 2. The van der Waals surface area contributed by atoms with E-state index in [0.29, 0.717) is 5.69 Å². The van der Waals surface area contributed by atoms with Crippen LogP contribution in [-0.2, 0) is 6.42 Å². The van der Waals surface area contributed by atoms with Gasteiger partial charge in [0, 0.05) is 11.2 Å². The van der Waals surface area contributed by atoms with Crippen molar-refractivity contribution in [3.63, 3.8) is 0 Å². The van der Waals surface area contributed by atoms with E-state index in [1.165, 1.54) is 5.56 Å². The Morgan fingerprint density at radius 3 is 2.50 bits per heavy atom. The average Bonchev–Trinajstić information content (AvgIpc) is 2.42. The predicted octanol–water partition coefficient (Wildman–Crippen LogP) is 3.80. The van der Waals surface area contributed by atoms with Crippen molar-refractivity contribution in [1.29, 1.82) is 0 Å². The Morgan fingerprint density at radius 1 is 1.10 bits per heavy atom. The van der Waals surface area contributed by atoms with E-state index in [9.17, 15) is 0 Å². The zero-order valence-corrected chi connectivity index (χ0v) is 12.5. The fraction of sp³-hybridized carbons (Fsp3) is 0.353. The Kier molecular flexibility index (Phi) is 4.28. The highest BCUT2D eigenvalue weighted by Gasteiger charge is 2.19. The summed E-state index contributed by atoms with van der Waals surface area (Å²) in [6.07, 6.45) is 2.05. The highest BCUT2D eigenvalue weighted by molar-refractivity contribution is 5.62. The second-order valence-electron chi connectivity index (χ2n) is 5.88. The van der Waals surface area contributed by atoms with Crippen molar-refractivity contribution in [2.45, 2.75) is 39.2 Å². The average molecular weight is 269 g/mol. The van der Waals surface area contributed by atoms with Crippen LogP contribution in [0.15, 0.2) is 42.5 Å². The lowest BCUT2D eigenvalue weighted by Crippen LogP contribution is -2.32. The smallest absolute Gasteiger partial charge is 0.149 e. The summed E-state index contributed by atoms with van der Waals surface area (Å²) in [5.74, 6) is 0.781. The molecule has 3 N–H and O–H groups in total. The van der Waals surface area contributed by atoms with Crippen LogP contribution in [0.2, 0.25) is 0 Å². The Morgan fingerprint density at radius 2 is 1.80 bits per heavy atom. The number of nitrogens with one attached hydrogen (secondary N) is 1. The number of benzene rings is 1. The van der Waals surface area contributed by atoms with Crippen molar-refractivity contribution in [2.24, 2.45) is 0 Å². The zero-order valence-electron chi connectivity index (χ0n) is 12.5. The van der Waals surface area contributed by atoms with Crippen molar-refractivity contribution in [2.75, 3.05) is 11.1 Å². The third kappa shape index (κ3) is 3.98. The second kappa shape index (κ2) is 5.95. The van der Waals surface area contributed by atoms with Gasteiger partial charge in [0.1, 0.15) is 5.82 Å². The summed E-state index contributed by atoms with van der Waals surface area (Å²) in [7, 11) is 0. The number of rotatable bonds is 5. The second-order valence-corrected chi connectivity index (χ2v) is 5.88. The van der Waals surface area contributed by atoms with Crippen LogP contribution in [-0.4, -0.2) is 10.5 Å². The van der Waals surface area contributed by atoms with E-state index in [1.54, 1.807) is 0 Å². The van der Waals surface area contributed by atoms with E-state index in [4.69, 9.17) is 5.73 Å². The number of nitrogen functional groups attached to an aromatic ring is 1. The van der Waals surface area contributed by atoms with Crippen molar-refractivity contribution in [3.05, 3.63) is 53.7 Å². The van der Waals surface area contributed by atoms with Gasteiger partial charge in [0.15, 0.2) is 0 Å². The van der Waals surface area contributed by atoms with Crippen molar-refractivity contribution in [1.82, 2.24) is 4.98 Å². The minimum Gasteiger partial charge on any atom is -0.396 e. The lowest BCUT2D eigenvalue weighted by molar-refractivity contribution is 0.517. The molecule has 1 aromatic carbocycles. The molecule has 1 heterocycles. The molecule has 3 nitrogen and oxygen atoms in total. The molecule has 0 aliphatic rings. The molecule has 1 aromatic heterocycles. The van der Waals surface area contributed by atoms with Crippen LogP contribution in [0.3, 0.4) is 0 Å². The Hall–Kier alpha value is -2.03. The third-order valence-corrected chi connectivity index (χ3v) is 3.40. The molecular weight excluding hydrogens is 246 g/mol. The summed E-state index contributed by atoms with van der Waals surface area (Å²) in [4.78, 5) is 4.48. The van der Waals surface area contributed by atoms with Crippen LogP contribution in [0, 0.1) is 6.92 Å². The van der Waals surface area contributed by atoms with Crippen molar-refractivity contribution >= 4 is 11.5 Å². The van der Waals surface area contributed by atoms with Gasteiger partial charge in [0.25, 0.3) is 0 Å². The quantitative estimate of drug-likeness (QED) is 0.868. The molecule has 3 heteroatoms. The van der Waals surface area contributed by atoms with Gasteiger partial charge in [-0.05, 0) is 51.3 Å². The van der Waals surface area contributed by atoms with Crippen LogP contribution < -0.4 is 11.1 Å². The summed E-state index contributed by atoms with van der Waals surface area (Å²) in [5, 5.41) is 3.46. The molecule has 0 spiro atoms. The van der Waals surface area contributed by atoms with Gasteiger partial charge >= 0.3 is 0 Å². The van der Waals surface area contributed by atoms with Gasteiger partial charge in [0.2, 0.25) is 0 Å². The van der Waals surface area contributed by atoms with Crippen LogP contribution in [0.5, 0.6) is 0 Å². The highest BCUT2D eigenvalue weighted by atomic mass is 15.1. The Bertz CT molecular complexity index is 562. The van der Waals surface area contributed by atoms with E-state index < -0.39 is 0 Å². The standard InChI is InChI=1S/C17H23N3/c1-13-9-10-15(18)16(19-13)20-17(2,3)12-11-14-7-5-4-6-8-14/h4-10H,11-12,18H2,1-3H3,(H,19,20). The third-order valence-electron chi connectivity index (χ3n) is 3.40. The monoisotopic (exact) mass is 269 g/mol. The molecule has 0 amide bonds. The first-order chi connectivity index (χ1) is 9.46. The summed E-state index contributed by atoms with van der Waals surface area (Å²) < 4.78 is 0. The zero-order chi connectivity index (χ0) is 14.6. The van der Waals surface area contributed by atoms with Gasteiger partial charge in [-0.15, -0.1) is 0 Å². The SMILES string of the molecule is Cc1ccc(N)c(NC(C)(C)CCc2ccccc2)n1. The molecule has 0 aliphatic carbocycles. The number of hydrogen-bond acceptors (Lipinski definition) is 3. The first-order valence-electron chi connectivity index (χ1n) is 7.01. The van der Waals surface area contributed by atoms with Gasteiger partial charge < -0.3 is 11.1 Å². The molecular formula is C17H23N3. The first kappa shape index (κ1) is 14.4. The molecule has 0 atom stereocenters. The fourth-order valence-corrected chi connectivity index (χ4v) is 2.15. The van der Waals surface area contributed by atoms with Gasteiger partial charge in [-0.2, -0.15) is 0 Å². The van der Waals surface area contributed by atoms with Crippen LogP contribution in [0.25, 0.3) is 0 Å². The van der Waals surface area contributed by atoms with Gasteiger partial charge in [-0.3, -0.25) is 0 Å². The maximum absolute atomic E-state index is 5.98. The molecule has 20 heavy (non-hydrogen) atoms. The largest absolute Gasteiger partial charge is 0.396 e. The topological polar surface area (TPSA) is 50.9 Å². The van der Waals surface area contributed by atoms with E-state index in [2.05, 4.69) is 48.4 Å². The highest BCUT2D eigenvalue weighted by Crippen LogP contribution is 2.23. The molecule has 106 valence electrons. The summed E-state index contributed by atoms with van der Waals surface area (Å²) >= 11 is 0. The lowest BCUT2D eigenvalue weighted by atomic mass is 9.95. The van der Waals surface area contributed by atoms with Crippen LogP contribution in [0.4, 0.5) is 11.5 Å². The normalized spacial score (nSPS) is 11.3. The molecule has 0 unspecified atom stereocenters. The van der Waals surface area contributed by atoms with Crippen molar-refractivity contribution < 1.29 is 0 Å². The summed E-state index contributed by atoms with van der Waals surface area (Å²) in [6.45, 7) is 6.33. The predicted molar refractivity (Wildman–Crippen MR) is 85.9 cm³/mol. The number of pyridine rings is 1. The number of nitrogens with zero attached hydrogens (tertiary/aromatic N) is 1.